The fraction of sp³-hybridized carbons (Fsp3) is 1.00. The molecular formula is C12H6ClF21Sn. The summed E-state index contributed by atoms with van der Waals surface area (Å²) in [7, 11) is 4.73. The summed E-state index contributed by atoms with van der Waals surface area (Å²) in [6.07, 6.45) is -22.2. The van der Waals surface area contributed by atoms with Crippen LogP contribution in [0.3, 0.4) is 0 Å². The Morgan fingerprint density at radius 3 is 0.600 bits per heavy atom. The average Bonchev–Trinajstić information content (AvgIpc) is 2.48. The fourth-order valence-electron chi connectivity index (χ4n) is 2.34. The maximum atomic E-state index is 13.6. The second-order valence-electron chi connectivity index (χ2n) is 7.01. The van der Waals surface area contributed by atoms with Crippen LogP contribution in [0.5, 0.6) is 0 Å². The topological polar surface area (TPSA) is 0 Å². The first kappa shape index (κ1) is 34.6. The van der Waals surface area contributed by atoms with Crippen molar-refractivity contribution in [1.82, 2.24) is 0 Å². The van der Waals surface area contributed by atoms with Crippen molar-refractivity contribution >= 4 is 26.2 Å². The Kier molecular flexibility index (Phi) is 9.02. The van der Waals surface area contributed by atoms with Crippen molar-refractivity contribution in [3.63, 3.8) is 0 Å². The Morgan fingerprint density at radius 1 is 0.343 bits per heavy atom. The Bertz CT molecular complexity index is 645. The van der Waals surface area contributed by atoms with Crippen molar-refractivity contribution in [2.75, 3.05) is 0 Å². The van der Waals surface area contributed by atoms with E-state index in [4.69, 9.17) is 8.92 Å². The van der Waals surface area contributed by atoms with Gasteiger partial charge in [0, 0.05) is 0 Å². The van der Waals surface area contributed by atoms with E-state index in [1.807, 2.05) is 0 Å². The molecule has 0 bridgehead atoms. The van der Waals surface area contributed by atoms with Crippen LogP contribution in [-0.4, -0.2) is 71.3 Å². The van der Waals surface area contributed by atoms with Crippen molar-refractivity contribution in [3.05, 3.63) is 0 Å². The van der Waals surface area contributed by atoms with Gasteiger partial charge in [-0.2, -0.15) is 0 Å². The van der Waals surface area contributed by atoms with E-state index in [1.54, 1.807) is 0 Å². The van der Waals surface area contributed by atoms with Crippen molar-refractivity contribution in [1.29, 1.82) is 0 Å². The summed E-state index contributed by atoms with van der Waals surface area (Å²) in [5.41, 5.74) is 0. The van der Waals surface area contributed by atoms with E-state index in [9.17, 15) is 92.2 Å². The van der Waals surface area contributed by atoms with E-state index in [1.165, 1.54) is 0 Å². The molecule has 0 saturated carbocycles. The van der Waals surface area contributed by atoms with Gasteiger partial charge in [-0.1, -0.05) is 0 Å². The molecule has 0 amide bonds. The molecule has 23 heteroatoms. The van der Waals surface area contributed by atoms with Crippen molar-refractivity contribution in [2.24, 2.45) is 0 Å². The van der Waals surface area contributed by atoms with Gasteiger partial charge in [-0.05, 0) is 0 Å². The molecule has 0 aromatic heterocycles. The van der Waals surface area contributed by atoms with E-state index >= 15 is 0 Å². The Morgan fingerprint density at radius 2 is 0.486 bits per heavy atom. The van der Waals surface area contributed by atoms with E-state index in [-0.39, 0.29) is 0 Å². The fourth-order valence-corrected chi connectivity index (χ4v) is 15.5. The van der Waals surface area contributed by atoms with E-state index in [0.717, 1.165) is 0 Å². The van der Waals surface area contributed by atoms with Gasteiger partial charge in [0.15, 0.2) is 0 Å². The Balaban J connectivity index is 6.87. The van der Waals surface area contributed by atoms with Gasteiger partial charge in [0.1, 0.15) is 0 Å². The monoisotopic (exact) mass is 704 g/mol. The van der Waals surface area contributed by atoms with Gasteiger partial charge < -0.3 is 0 Å². The first-order chi connectivity index (χ1) is 14.6. The molecule has 0 N–H and O–H groups in total. The molecule has 0 atom stereocenters. The van der Waals surface area contributed by atoms with Crippen molar-refractivity contribution < 1.29 is 92.2 Å². The molecule has 0 spiro atoms. The first-order valence-electron chi connectivity index (χ1n) is 7.78. The second kappa shape index (κ2) is 9.12. The molecule has 0 nitrogen and oxygen atoms in total. The van der Waals surface area contributed by atoms with Crippen LogP contribution in [0.1, 0.15) is 0 Å². The zero-order valence-corrected chi connectivity index (χ0v) is 19.0. The van der Waals surface area contributed by atoms with Gasteiger partial charge in [0.05, 0.1) is 0 Å². The third-order valence-corrected chi connectivity index (χ3v) is 16.0. The number of hydrogen-bond donors (Lipinski definition) is 0. The molecule has 0 aromatic rings. The molecule has 0 unspecified atom stereocenters. The second-order valence-corrected chi connectivity index (χ2v) is 22.0. The maximum absolute atomic E-state index is 13.6. The normalized spacial score (nSPS) is 16.6. The van der Waals surface area contributed by atoms with Gasteiger partial charge in [0.2, 0.25) is 0 Å². The van der Waals surface area contributed by atoms with Crippen LogP contribution in [0, 0.1) is 0 Å². The van der Waals surface area contributed by atoms with Crippen LogP contribution in [0.4, 0.5) is 92.2 Å². The van der Waals surface area contributed by atoms with Gasteiger partial charge in [0.25, 0.3) is 0 Å². The quantitative estimate of drug-likeness (QED) is 0.167. The third-order valence-electron chi connectivity index (χ3n) is 4.06. The van der Waals surface area contributed by atoms with E-state index in [0.29, 0.717) is 0 Å². The Hall–Kier alpha value is -0.381. The molecule has 0 heterocycles. The van der Waals surface area contributed by atoms with Gasteiger partial charge in [-0.15, -0.1) is 0 Å². The summed E-state index contributed by atoms with van der Waals surface area (Å²) in [5.74, 6) is -43.4. The van der Waals surface area contributed by atoms with Crippen LogP contribution < -0.4 is 0 Å². The van der Waals surface area contributed by atoms with Crippen molar-refractivity contribution in [2.45, 2.75) is 67.4 Å². The van der Waals surface area contributed by atoms with Crippen LogP contribution in [0.25, 0.3) is 0 Å². The Labute approximate surface area is 186 Å². The van der Waals surface area contributed by atoms with Gasteiger partial charge >= 0.3 is 186 Å². The zero-order chi connectivity index (χ0) is 29.1. The van der Waals surface area contributed by atoms with E-state index in [2.05, 4.69) is 0 Å². The predicted octanol–water partition coefficient (Wildman–Crippen LogP) is 8.67. The molecule has 0 aliphatic carbocycles. The summed E-state index contributed by atoms with van der Waals surface area (Å²) < 4.78 is 258. The van der Waals surface area contributed by atoms with Gasteiger partial charge in [-0.25, -0.2) is 0 Å². The van der Waals surface area contributed by atoms with Crippen LogP contribution in [-0.2, 0) is 0 Å². The number of hydrogen-bond acceptors (Lipinski definition) is 0. The molecule has 0 fully saturated rings. The van der Waals surface area contributed by atoms with Gasteiger partial charge in [-0.3, -0.25) is 0 Å². The first-order valence-corrected chi connectivity index (χ1v) is 17.4. The molecule has 0 radical (unpaired) electrons. The van der Waals surface area contributed by atoms with Crippen molar-refractivity contribution in [3.8, 4) is 0 Å². The molecule has 35 heavy (non-hydrogen) atoms. The number of halogens is 22. The molecule has 0 aromatic carbocycles. The summed E-state index contributed by atoms with van der Waals surface area (Å²) >= 11 is -8.44. The molecule has 0 aliphatic heterocycles. The molecule has 0 rings (SSSR count). The van der Waals surface area contributed by atoms with Crippen LogP contribution >= 0.6 is 8.92 Å². The van der Waals surface area contributed by atoms with Crippen LogP contribution in [0.2, 0.25) is 13.3 Å². The van der Waals surface area contributed by atoms with E-state index < -0.39 is 84.6 Å². The molecular weight excluding hydrogens is 697 g/mol. The standard InChI is InChI=1S/3C4H2F7.ClH.Sn/c3*1-2(5,6)3(7,8)4(9,10)11;;/h3*1H2;1H;/q;;;;+1/p-1. The minimum absolute atomic E-state index is 3.94. The van der Waals surface area contributed by atoms with Crippen LogP contribution in [0.15, 0.2) is 0 Å². The minimum atomic E-state index is -8.44. The zero-order valence-electron chi connectivity index (χ0n) is 15.4. The summed E-state index contributed by atoms with van der Waals surface area (Å²) in [4.78, 5) is 0. The average molecular weight is 703 g/mol. The molecule has 212 valence electrons. The SMILES string of the molecule is FC(F)(F)C(F)(F)C(F)(F)[CH2][Sn]([Cl])([CH2]C(F)(F)C(F)(F)C(F)(F)F)[CH2]C(F)(F)C(F)(F)C(F)(F)F. The summed E-state index contributed by atoms with van der Waals surface area (Å²) in [6.45, 7) is 0. The number of alkyl halides is 21. The molecule has 0 aliphatic rings. The summed E-state index contributed by atoms with van der Waals surface area (Å²) in [6, 6.07) is 0. The predicted molar refractivity (Wildman–Crippen MR) is 73.9 cm³/mol. The number of rotatable bonds is 9. The summed E-state index contributed by atoms with van der Waals surface area (Å²) in [5, 5.41) is 0. The third kappa shape index (κ3) is 6.55. The molecule has 0 saturated heterocycles.